The molecule has 2 saturated heterocycles. The minimum absolute atomic E-state index is 0.0602. The predicted octanol–water partition coefficient (Wildman–Crippen LogP) is 9.79. The molecule has 2 atom stereocenters. The number of anilines is 2. The highest BCUT2D eigenvalue weighted by Crippen LogP contribution is 2.41. The number of piperidine rings is 2. The van der Waals surface area contributed by atoms with E-state index in [-0.39, 0.29) is 5.78 Å². The van der Waals surface area contributed by atoms with Crippen molar-refractivity contribution >= 4 is 38.7 Å². The van der Waals surface area contributed by atoms with E-state index < -0.39 is 0 Å². The first-order valence-electron chi connectivity index (χ1n) is 22.4. The number of carbonyl (C=O) groups excluding carboxylic acids is 1. The van der Waals surface area contributed by atoms with E-state index in [9.17, 15) is 0 Å². The third-order valence-corrected chi connectivity index (χ3v) is 13.7. The van der Waals surface area contributed by atoms with E-state index >= 15 is 4.79 Å². The zero-order valence-electron chi connectivity index (χ0n) is 35.4. The van der Waals surface area contributed by atoms with Gasteiger partial charge >= 0.3 is 0 Å². The van der Waals surface area contributed by atoms with Gasteiger partial charge < -0.3 is 29.1 Å². The molecule has 0 N–H and O–H groups in total. The van der Waals surface area contributed by atoms with Gasteiger partial charge in [0, 0.05) is 73.0 Å². The number of carbonyl (C=O) groups is 1. The van der Waals surface area contributed by atoms with Crippen LogP contribution in [0.25, 0.3) is 21.5 Å². The summed E-state index contributed by atoms with van der Waals surface area (Å²) in [5, 5.41) is 4.37. The van der Waals surface area contributed by atoms with Crippen LogP contribution >= 0.6 is 0 Å². The summed E-state index contributed by atoms with van der Waals surface area (Å²) >= 11 is 0. The van der Waals surface area contributed by atoms with Gasteiger partial charge in [0.1, 0.15) is 11.5 Å². The molecule has 6 aromatic carbocycles. The largest absolute Gasteiger partial charge is 0.493 e. The Morgan fingerprint density at radius 2 is 1.00 bits per heavy atom. The normalized spacial score (nSPS) is 19.9. The minimum atomic E-state index is 0.0602. The fourth-order valence-electron chi connectivity index (χ4n) is 10.6. The highest BCUT2D eigenvalue weighted by Gasteiger charge is 2.29. The second kappa shape index (κ2) is 16.9. The van der Waals surface area contributed by atoms with Crippen molar-refractivity contribution in [2.24, 2.45) is 11.8 Å². The molecule has 0 bridgehead atoms. The standard InChI is InChI=1S/C53H58N4O3/c1-54-25-7-9-37(31-54)35-59-45-17-21-47-41(29-45)15-19-49(51(47)56-27-23-39-11-3-5-13-43(39)33-56)53(58)50-20-16-42-30-46(60-36-38-10-8-26-55(2)32-38)18-22-48(42)52(50)57-28-24-40-12-4-6-14-44(40)34-57/h3-6,11-22,29-30,37-38H,7-10,23-28,31-36H2,1-2H3. The molecule has 308 valence electrons. The van der Waals surface area contributed by atoms with E-state index in [4.69, 9.17) is 9.47 Å². The SMILES string of the molecule is CN1CCCC(COc2ccc3c(N4CCc5ccccc5C4)c(C(=O)c4ccc5cc(OCC6CCCN(C)C6)ccc5c4N4CCc5ccccc5C4)ccc3c2)C1. The second-order valence-electron chi connectivity index (χ2n) is 18.1. The molecule has 4 aliphatic rings. The van der Waals surface area contributed by atoms with Crippen molar-refractivity contribution in [1.29, 1.82) is 0 Å². The maximum absolute atomic E-state index is 15.6. The average Bonchev–Trinajstić information content (AvgIpc) is 3.28. The number of fused-ring (bicyclic) bond motifs is 4. The summed E-state index contributed by atoms with van der Waals surface area (Å²) in [5.74, 6) is 2.92. The molecule has 0 aromatic heterocycles. The van der Waals surface area contributed by atoms with Gasteiger partial charge in [-0.25, -0.2) is 0 Å². The van der Waals surface area contributed by atoms with Crippen LogP contribution in [0.1, 0.15) is 63.9 Å². The number of hydrogen-bond acceptors (Lipinski definition) is 7. The van der Waals surface area contributed by atoms with Crippen molar-refractivity contribution in [2.45, 2.75) is 51.6 Å². The minimum Gasteiger partial charge on any atom is -0.493 e. The Labute approximate surface area is 355 Å². The van der Waals surface area contributed by atoms with Gasteiger partial charge in [0.15, 0.2) is 5.78 Å². The summed E-state index contributed by atoms with van der Waals surface area (Å²) in [4.78, 5) is 25.3. The van der Waals surface area contributed by atoms with Crippen molar-refractivity contribution < 1.29 is 14.3 Å². The highest BCUT2D eigenvalue weighted by atomic mass is 16.5. The molecule has 4 heterocycles. The molecule has 7 heteroatoms. The Morgan fingerprint density at radius 1 is 0.550 bits per heavy atom. The number of hydrogen-bond donors (Lipinski definition) is 0. The van der Waals surface area contributed by atoms with Gasteiger partial charge in [0.05, 0.1) is 24.6 Å². The summed E-state index contributed by atoms with van der Waals surface area (Å²) in [6, 6.07) is 38.9. The lowest BCUT2D eigenvalue weighted by atomic mass is 9.90. The van der Waals surface area contributed by atoms with Gasteiger partial charge in [-0.1, -0.05) is 60.7 Å². The molecule has 60 heavy (non-hydrogen) atoms. The summed E-state index contributed by atoms with van der Waals surface area (Å²) < 4.78 is 12.9. The number of ether oxygens (including phenoxy) is 2. The molecule has 0 amide bonds. The molecular weight excluding hydrogens is 741 g/mol. The third kappa shape index (κ3) is 7.98. The first-order chi connectivity index (χ1) is 29.4. The zero-order chi connectivity index (χ0) is 40.6. The van der Waals surface area contributed by atoms with Crippen LogP contribution in [0.2, 0.25) is 0 Å². The Hall–Kier alpha value is -5.37. The summed E-state index contributed by atoms with van der Waals surface area (Å²) in [7, 11) is 4.41. The molecule has 2 unspecified atom stereocenters. The van der Waals surface area contributed by atoms with Crippen molar-refractivity contribution in [3.05, 3.63) is 143 Å². The van der Waals surface area contributed by atoms with Crippen LogP contribution in [0.15, 0.2) is 109 Å². The van der Waals surface area contributed by atoms with Crippen LogP contribution < -0.4 is 19.3 Å². The van der Waals surface area contributed by atoms with Gasteiger partial charge in [0.2, 0.25) is 0 Å². The topological polar surface area (TPSA) is 48.5 Å². The highest BCUT2D eigenvalue weighted by molar-refractivity contribution is 6.21. The van der Waals surface area contributed by atoms with Crippen LogP contribution in [0.5, 0.6) is 11.5 Å². The lowest BCUT2D eigenvalue weighted by Gasteiger charge is -2.34. The first-order valence-corrected chi connectivity index (χ1v) is 22.4. The molecule has 0 radical (unpaired) electrons. The second-order valence-corrected chi connectivity index (χ2v) is 18.1. The Balaban J connectivity index is 1.04. The molecule has 10 rings (SSSR count). The Kier molecular flexibility index (Phi) is 11.0. The number of ketones is 1. The predicted molar refractivity (Wildman–Crippen MR) is 245 cm³/mol. The van der Waals surface area contributed by atoms with Gasteiger partial charge in [-0.05, 0) is 147 Å². The van der Waals surface area contributed by atoms with E-state index in [2.05, 4.69) is 143 Å². The smallest absolute Gasteiger partial charge is 0.197 e. The number of nitrogens with zero attached hydrogens (tertiary/aromatic N) is 4. The fourth-order valence-corrected chi connectivity index (χ4v) is 10.6. The zero-order valence-corrected chi connectivity index (χ0v) is 35.4. The summed E-state index contributed by atoms with van der Waals surface area (Å²) in [5.41, 5.74) is 8.95. The van der Waals surface area contributed by atoms with E-state index in [0.717, 1.165) is 121 Å². The monoisotopic (exact) mass is 798 g/mol. The van der Waals surface area contributed by atoms with Gasteiger partial charge in [0.25, 0.3) is 0 Å². The third-order valence-electron chi connectivity index (χ3n) is 13.7. The van der Waals surface area contributed by atoms with Crippen molar-refractivity contribution in [3.63, 3.8) is 0 Å². The molecular formula is C53H58N4O3. The molecule has 2 fully saturated rings. The van der Waals surface area contributed by atoms with Crippen LogP contribution in [-0.4, -0.2) is 82.2 Å². The van der Waals surface area contributed by atoms with Gasteiger partial charge in [-0.15, -0.1) is 0 Å². The van der Waals surface area contributed by atoms with Crippen molar-refractivity contribution in [2.75, 3.05) is 76.4 Å². The Morgan fingerprint density at radius 3 is 1.45 bits per heavy atom. The maximum Gasteiger partial charge on any atom is 0.197 e. The molecule has 0 spiro atoms. The van der Waals surface area contributed by atoms with Gasteiger partial charge in [-0.2, -0.15) is 0 Å². The lowest BCUT2D eigenvalue weighted by Crippen LogP contribution is -2.34. The summed E-state index contributed by atoms with van der Waals surface area (Å²) in [6.45, 7) is 9.14. The van der Waals surface area contributed by atoms with Crippen LogP contribution in [0.3, 0.4) is 0 Å². The van der Waals surface area contributed by atoms with Crippen LogP contribution in [0.4, 0.5) is 11.4 Å². The first kappa shape index (κ1) is 38.8. The van der Waals surface area contributed by atoms with E-state index in [1.54, 1.807) is 0 Å². The number of likely N-dealkylation sites (tertiary alicyclic amines) is 2. The summed E-state index contributed by atoms with van der Waals surface area (Å²) in [6.07, 6.45) is 6.73. The van der Waals surface area contributed by atoms with E-state index in [0.29, 0.717) is 11.8 Å². The molecule has 0 aliphatic carbocycles. The fraction of sp³-hybridized carbons (Fsp3) is 0.377. The average molecular weight is 799 g/mol. The lowest BCUT2D eigenvalue weighted by molar-refractivity contribution is 0.103. The molecule has 7 nitrogen and oxygen atoms in total. The molecule has 4 aliphatic heterocycles. The van der Waals surface area contributed by atoms with Crippen molar-refractivity contribution in [3.8, 4) is 11.5 Å². The number of rotatable bonds is 10. The van der Waals surface area contributed by atoms with Gasteiger partial charge in [-0.3, -0.25) is 4.79 Å². The van der Waals surface area contributed by atoms with E-state index in [1.807, 2.05) is 0 Å². The van der Waals surface area contributed by atoms with E-state index in [1.165, 1.54) is 61.0 Å². The van der Waals surface area contributed by atoms with Crippen LogP contribution in [0, 0.1) is 11.8 Å². The molecule has 0 saturated carbocycles. The van der Waals surface area contributed by atoms with Crippen molar-refractivity contribution in [1.82, 2.24) is 9.80 Å². The molecule has 6 aromatic rings. The van der Waals surface area contributed by atoms with Crippen LogP contribution in [-0.2, 0) is 25.9 Å². The maximum atomic E-state index is 15.6. The number of benzene rings is 6. The Bertz CT molecular complexity index is 2360. The quantitative estimate of drug-likeness (QED) is 0.128.